The van der Waals surface area contributed by atoms with Crippen LogP contribution in [0.3, 0.4) is 0 Å². The number of ether oxygens (including phenoxy) is 2. The summed E-state index contributed by atoms with van der Waals surface area (Å²) in [5, 5.41) is 5.55. The van der Waals surface area contributed by atoms with Crippen LogP contribution < -0.4 is 15.0 Å². The van der Waals surface area contributed by atoms with Gasteiger partial charge in [0.05, 0.1) is 31.2 Å². The van der Waals surface area contributed by atoms with Crippen LogP contribution in [0.1, 0.15) is 5.69 Å². The molecule has 0 saturated carbocycles. The Morgan fingerprint density at radius 1 is 1.07 bits per heavy atom. The third-order valence-corrected chi connectivity index (χ3v) is 4.53. The number of methoxy groups -OCH3 is 1. The third kappa shape index (κ3) is 4.31. The molecule has 0 N–H and O–H groups in total. The molecule has 3 aromatic rings. The number of carbonyl (C=O) groups is 1. The molecule has 7 nitrogen and oxygen atoms in total. The Morgan fingerprint density at radius 2 is 1.71 bits per heavy atom. The number of aryl methyl sites for hydroxylation is 1. The second-order valence-corrected chi connectivity index (χ2v) is 6.44. The molecular formula is C21H23N3O4. The number of carbonyl (C=O) groups excluding carboxylic acids is 1. The highest BCUT2D eigenvalue weighted by molar-refractivity contribution is 5.88. The largest absolute Gasteiger partial charge is 0.497 e. The summed E-state index contributed by atoms with van der Waals surface area (Å²) in [6.45, 7) is 0.810. The van der Waals surface area contributed by atoms with E-state index in [2.05, 4.69) is 5.10 Å². The highest BCUT2D eigenvalue weighted by atomic mass is 16.5. The molecule has 146 valence electrons. The number of amides is 1. The fourth-order valence-corrected chi connectivity index (χ4v) is 2.88. The molecule has 28 heavy (non-hydrogen) atoms. The number of aromatic nitrogens is 2. The molecule has 3 rings (SSSR count). The molecule has 0 fully saturated rings. The quantitative estimate of drug-likeness (QED) is 0.626. The van der Waals surface area contributed by atoms with Gasteiger partial charge in [0, 0.05) is 19.5 Å². The first-order chi connectivity index (χ1) is 13.5. The van der Waals surface area contributed by atoms with Crippen molar-refractivity contribution in [1.29, 1.82) is 0 Å². The average Bonchev–Trinajstić information content (AvgIpc) is 2.72. The second kappa shape index (κ2) is 8.56. The lowest BCUT2D eigenvalue weighted by Gasteiger charge is -2.18. The maximum atomic E-state index is 12.6. The van der Waals surface area contributed by atoms with Gasteiger partial charge >= 0.3 is 0 Å². The van der Waals surface area contributed by atoms with Crippen LogP contribution in [0.15, 0.2) is 53.3 Å². The zero-order valence-electron chi connectivity index (χ0n) is 16.2. The van der Waals surface area contributed by atoms with E-state index in [1.165, 1.54) is 4.68 Å². The summed E-state index contributed by atoms with van der Waals surface area (Å²) >= 11 is 0. The highest BCUT2D eigenvalue weighted by Crippen LogP contribution is 2.17. The van der Waals surface area contributed by atoms with E-state index in [1.807, 2.05) is 36.4 Å². The molecule has 1 amide bonds. The summed E-state index contributed by atoms with van der Waals surface area (Å²) in [5.74, 6) is 1.39. The summed E-state index contributed by atoms with van der Waals surface area (Å²) < 4.78 is 12.1. The molecule has 0 saturated heterocycles. The van der Waals surface area contributed by atoms with E-state index in [4.69, 9.17) is 9.47 Å². The fourth-order valence-electron chi connectivity index (χ4n) is 2.88. The van der Waals surface area contributed by atoms with E-state index in [0.29, 0.717) is 35.4 Å². The van der Waals surface area contributed by atoms with Crippen molar-refractivity contribution in [1.82, 2.24) is 14.7 Å². The summed E-state index contributed by atoms with van der Waals surface area (Å²) in [6, 6.07) is 14.5. The maximum Gasteiger partial charge on any atom is 0.274 e. The number of likely N-dealkylation sites (N-methyl/N-ethyl adjacent to an activating group) is 1. The number of rotatable bonds is 7. The van der Waals surface area contributed by atoms with Crippen LogP contribution in [0, 0.1) is 0 Å². The first-order valence-corrected chi connectivity index (χ1v) is 8.95. The van der Waals surface area contributed by atoms with Gasteiger partial charge in [-0.25, -0.2) is 4.68 Å². The van der Waals surface area contributed by atoms with Crippen molar-refractivity contribution in [2.75, 3.05) is 27.3 Å². The van der Waals surface area contributed by atoms with Gasteiger partial charge in [0.15, 0.2) is 0 Å². The van der Waals surface area contributed by atoms with Gasteiger partial charge in [-0.1, -0.05) is 18.2 Å². The predicted molar refractivity (Wildman–Crippen MR) is 107 cm³/mol. The zero-order chi connectivity index (χ0) is 20.1. The minimum atomic E-state index is -0.173. The van der Waals surface area contributed by atoms with Gasteiger partial charge in [-0.3, -0.25) is 9.59 Å². The summed E-state index contributed by atoms with van der Waals surface area (Å²) in [7, 11) is 4.93. The standard InChI is InChI=1S/C21H23N3O4/c1-23(12-13-28-16-10-8-15(27-3)9-11-16)20(25)14-19-17-6-4-5-7-18(17)21(26)24(2)22-19/h4-11H,12-14H2,1-3H3. The van der Waals surface area contributed by atoms with Crippen molar-refractivity contribution in [2.45, 2.75) is 6.42 Å². The van der Waals surface area contributed by atoms with Crippen molar-refractivity contribution in [2.24, 2.45) is 7.05 Å². The minimum Gasteiger partial charge on any atom is -0.497 e. The maximum absolute atomic E-state index is 12.6. The number of hydrogen-bond donors (Lipinski definition) is 0. The second-order valence-electron chi connectivity index (χ2n) is 6.44. The van der Waals surface area contributed by atoms with Crippen LogP contribution in [-0.2, 0) is 18.3 Å². The topological polar surface area (TPSA) is 73.7 Å². The molecule has 0 aliphatic carbocycles. The lowest BCUT2D eigenvalue weighted by atomic mass is 10.1. The molecule has 1 aromatic heterocycles. The van der Waals surface area contributed by atoms with Gasteiger partial charge in [-0.05, 0) is 30.3 Å². The lowest BCUT2D eigenvalue weighted by molar-refractivity contribution is -0.129. The number of fused-ring (bicyclic) bond motifs is 1. The number of nitrogens with zero attached hydrogens (tertiary/aromatic N) is 3. The van der Waals surface area contributed by atoms with Crippen molar-refractivity contribution in [3.8, 4) is 11.5 Å². The van der Waals surface area contributed by atoms with Crippen molar-refractivity contribution in [3.63, 3.8) is 0 Å². The van der Waals surface area contributed by atoms with E-state index in [0.717, 1.165) is 5.75 Å². The average molecular weight is 381 g/mol. The Bertz CT molecular complexity index is 1030. The van der Waals surface area contributed by atoms with Crippen LogP contribution in [0.5, 0.6) is 11.5 Å². The van der Waals surface area contributed by atoms with E-state index in [9.17, 15) is 9.59 Å². The molecular weight excluding hydrogens is 358 g/mol. The normalized spacial score (nSPS) is 10.7. The molecule has 0 spiro atoms. The minimum absolute atomic E-state index is 0.0883. The SMILES string of the molecule is COc1ccc(OCCN(C)C(=O)Cc2nn(C)c(=O)c3ccccc23)cc1. The highest BCUT2D eigenvalue weighted by Gasteiger charge is 2.15. The monoisotopic (exact) mass is 381 g/mol. The van der Waals surface area contributed by atoms with Gasteiger partial charge in [0.25, 0.3) is 5.56 Å². The summed E-state index contributed by atoms with van der Waals surface area (Å²) in [6.07, 6.45) is 0.119. The molecule has 0 unspecified atom stereocenters. The Morgan fingerprint density at radius 3 is 2.39 bits per heavy atom. The smallest absolute Gasteiger partial charge is 0.274 e. The first kappa shape index (κ1) is 19.4. The van der Waals surface area contributed by atoms with Crippen molar-refractivity contribution >= 4 is 16.7 Å². The lowest BCUT2D eigenvalue weighted by Crippen LogP contribution is -2.33. The van der Waals surface area contributed by atoms with Crippen LogP contribution in [-0.4, -0.2) is 47.9 Å². The molecule has 0 aliphatic rings. The van der Waals surface area contributed by atoms with E-state index in [1.54, 1.807) is 38.2 Å². The molecule has 0 bridgehead atoms. The molecule has 7 heteroatoms. The number of benzene rings is 2. The molecule has 2 aromatic carbocycles. The van der Waals surface area contributed by atoms with Gasteiger partial charge in [0.1, 0.15) is 18.1 Å². The van der Waals surface area contributed by atoms with Crippen LogP contribution >= 0.6 is 0 Å². The predicted octanol–water partition coefficient (Wildman–Crippen LogP) is 2.02. The molecule has 1 heterocycles. The summed E-state index contributed by atoms with van der Waals surface area (Å²) in [5.41, 5.74) is 0.415. The van der Waals surface area contributed by atoms with E-state index in [-0.39, 0.29) is 17.9 Å². The molecule has 0 aliphatic heterocycles. The van der Waals surface area contributed by atoms with Crippen molar-refractivity contribution in [3.05, 3.63) is 64.6 Å². The molecule has 0 atom stereocenters. The van der Waals surface area contributed by atoms with Crippen LogP contribution in [0.2, 0.25) is 0 Å². The van der Waals surface area contributed by atoms with Gasteiger partial charge in [0.2, 0.25) is 5.91 Å². The van der Waals surface area contributed by atoms with Crippen LogP contribution in [0.4, 0.5) is 0 Å². The van der Waals surface area contributed by atoms with Gasteiger partial charge in [-0.15, -0.1) is 0 Å². The first-order valence-electron chi connectivity index (χ1n) is 8.95. The number of hydrogen-bond acceptors (Lipinski definition) is 5. The van der Waals surface area contributed by atoms with Gasteiger partial charge < -0.3 is 14.4 Å². The van der Waals surface area contributed by atoms with Crippen LogP contribution in [0.25, 0.3) is 10.8 Å². The van der Waals surface area contributed by atoms with E-state index >= 15 is 0 Å². The molecule has 0 radical (unpaired) electrons. The summed E-state index contributed by atoms with van der Waals surface area (Å²) in [4.78, 5) is 26.4. The Kier molecular flexibility index (Phi) is 5.93. The zero-order valence-corrected chi connectivity index (χ0v) is 16.2. The Hall–Kier alpha value is -3.35. The third-order valence-electron chi connectivity index (χ3n) is 4.53. The van der Waals surface area contributed by atoms with Gasteiger partial charge in [-0.2, -0.15) is 5.10 Å². The fraction of sp³-hybridized carbons (Fsp3) is 0.286. The van der Waals surface area contributed by atoms with E-state index < -0.39 is 0 Å². The Balaban J connectivity index is 1.62. The Labute approximate surface area is 163 Å². The van der Waals surface area contributed by atoms with Crippen molar-refractivity contribution < 1.29 is 14.3 Å².